The summed E-state index contributed by atoms with van der Waals surface area (Å²) >= 11 is 0. The monoisotopic (exact) mass is 307 g/mol. The Kier molecular flexibility index (Phi) is 4.10. The number of benzene rings is 1. The summed E-state index contributed by atoms with van der Waals surface area (Å²) in [6, 6.07) is 13.1. The predicted octanol–water partition coefficient (Wildman–Crippen LogP) is 3.45. The Morgan fingerprint density at radius 1 is 1.17 bits per heavy atom. The highest BCUT2D eigenvalue weighted by molar-refractivity contribution is 5.98. The van der Waals surface area contributed by atoms with Crippen LogP contribution in [0.25, 0.3) is 5.69 Å². The van der Waals surface area contributed by atoms with Crippen LogP contribution in [0.1, 0.15) is 27.4 Å². The van der Waals surface area contributed by atoms with Gasteiger partial charge in [0.1, 0.15) is 11.5 Å². The van der Waals surface area contributed by atoms with Crippen molar-refractivity contribution in [3.8, 4) is 5.69 Å². The van der Waals surface area contributed by atoms with Crippen molar-refractivity contribution >= 4 is 12.1 Å². The van der Waals surface area contributed by atoms with Gasteiger partial charge < -0.3 is 8.98 Å². The van der Waals surface area contributed by atoms with Crippen LogP contribution in [0.2, 0.25) is 0 Å². The number of nitrogens with zero attached hydrogens (tertiary/aromatic N) is 2. The number of furan rings is 1. The van der Waals surface area contributed by atoms with Gasteiger partial charge >= 0.3 is 0 Å². The maximum Gasteiger partial charge on any atom is 0.273 e. The van der Waals surface area contributed by atoms with Gasteiger partial charge in [-0.3, -0.25) is 4.79 Å². The topological polar surface area (TPSA) is 59.5 Å². The Hall–Kier alpha value is -3.08. The highest BCUT2D eigenvalue weighted by atomic mass is 16.3. The van der Waals surface area contributed by atoms with E-state index in [4.69, 9.17) is 4.42 Å². The van der Waals surface area contributed by atoms with E-state index in [0.29, 0.717) is 5.56 Å². The molecule has 1 amide bonds. The fraction of sp³-hybridized carbons (Fsp3) is 0.111. The van der Waals surface area contributed by atoms with Gasteiger partial charge in [0.25, 0.3) is 5.91 Å². The number of hydrazone groups is 1. The lowest BCUT2D eigenvalue weighted by Crippen LogP contribution is -2.19. The molecule has 3 aromatic rings. The van der Waals surface area contributed by atoms with Gasteiger partial charge in [-0.15, -0.1) is 0 Å². The number of nitrogens with one attached hydrogen (secondary N) is 1. The fourth-order valence-electron chi connectivity index (χ4n) is 2.39. The van der Waals surface area contributed by atoms with Crippen molar-refractivity contribution in [1.82, 2.24) is 9.99 Å². The first-order valence-corrected chi connectivity index (χ1v) is 7.28. The van der Waals surface area contributed by atoms with E-state index in [-0.39, 0.29) is 5.91 Å². The first-order valence-electron chi connectivity index (χ1n) is 7.28. The lowest BCUT2D eigenvalue weighted by Gasteiger charge is -2.08. The Labute approximate surface area is 134 Å². The third-order valence-electron chi connectivity index (χ3n) is 3.48. The van der Waals surface area contributed by atoms with E-state index in [1.165, 1.54) is 0 Å². The Balaban J connectivity index is 1.78. The second-order valence-corrected chi connectivity index (χ2v) is 5.18. The molecule has 0 fully saturated rings. The van der Waals surface area contributed by atoms with Crippen molar-refractivity contribution in [2.75, 3.05) is 0 Å². The van der Waals surface area contributed by atoms with Gasteiger partial charge in [0.15, 0.2) is 0 Å². The van der Waals surface area contributed by atoms with Crippen LogP contribution in [-0.2, 0) is 0 Å². The summed E-state index contributed by atoms with van der Waals surface area (Å²) in [4.78, 5) is 12.4. The summed E-state index contributed by atoms with van der Waals surface area (Å²) in [7, 11) is 0. The number of hydrogen-bond donors (Lipinski definition) is 1. The predicted molar refractivity (Wildman–Crippen MR) is 89.0 cm³/mol. The lowest BCUT2D eigenvalue weighted by molar-refractivity contribution is 0.0955. The molecule has 0 bridgehead atoms. The molecule has 1 aromatic carbocycles. The number of aryl methyl sites for hydroxylation is 2. The number of rotatable bonds is 4. The number of amides is 1. The van der Waals surface area contributed by atoms with Crippen LogP contribution in [0, 0.1) is 13.8 Å². The Bertz CT molecular complexity index is 845. The molecule has 5 nitrogen and oxygen atoms in total. The number of para-hydroxylation sites is 1. The van der Waals surface area contributed by atoms with E-state index in [2.05, 4.69) is 10.5 Å². The van der Waals surface area contributed by atoms with Crippen LogP contribution in [0.4, 0.5) is 0 Å². The maximum absolute atomic E-state index is 12.4. The average molecular weight is 307 g/mol. The molecule has 116 valence electrons. The number of hydrogen-bond acceptors (Lipinski definition) is 3. The zero-order valence-corrected chi connectivity index (χ0v) is 13.0. The summed E-state index contributed by atoms with van der Waals surface area (Å²) in [5, 5.41) is 4.02. The molecule has 2 heterocycles. The molecule has 0 unspecified atom stereocenters. The number of carbonyl (C=O) groups excluding carboxylic acids is 1. The molecule has 0 atom stereocenters. The molecule has 0 saturated heterocycles. The molecule has 23 heavy (non-hydrogen) atoms. The van der Waals surface area contributed by atoms with Gasteiger partial charge in [0.2, 0.25) is 0 Å². The molecule has 0 aliphatic carbocycles. The van der Waals surface area contributed by atoms with E-state index in [0.717, 1.165) is 22.8 Å². The molecule has 2 aromatic heterocycles. The van der Waals surface area contributed by atoms with Crippen molar-refractivity contribution in [2.24, 2.45) is 5.10 Å². The largest absolute Gasteiger partial charge is 0.466 e. The minimum atomic E-state index is -0.261. The molecular weight excluding hydrogens is 290 g/mol. The molecule has 3 rings (SSSR count). The standard InChI is InChI=1S/C18H17N3O2/c1-13-11-15(14(2)23-13)12-19-20-18(22)16-7-3-4-8-17(16)21-9-5-6-10-21/h3-12H,1-2H3,(H,20,22)/b19-12+. The van der Waals surface area contributed by atoms with E-state index in [1.54, 1.807) is 12.3 Å². The normalized spacial score (nSPS) is 11.0. The average Bonchev–Trinajstić information content (AvgIpc) is 3.17. The van der Waals surface area contributed by atoms with Crippen LogP contribution in [0.3, 0.4) is 0 Å². The minimum absolute atomic E-state index is 0.261. The van der Waals surface area contributed by atoms with Crippen LogP contribution in [-0.4, -0.2) is 16.7 Å². The van der Waals surface area contributed by atoms with Crippen LogP contribution < -0.4 is 5.43 Å². The molecule has 0 aliphatic heterocycles. The van der Waals surface area contributed by atoms with Gasteiger partial charge in [-0.05, 0) is 44.2 Å². The third kappa shape index (κ3) is 3.23. The second-order valence-electron chi connectivity index (χ2n) is 5.18. The number of aromatic nitrogens is 1. The molecule has 0 aliphatic rings. The summed E-state index contributed by atoms with van der Waals surface area (Å²) in [6.45, 7) is 3.73. The first-order chi connectivity index (χ1) is 11.1. The number of carbonyl (C=O) groups is 1. The zero-order valence-electron chi connectivity index (χ0n) is 13.0. The van der Waals surface area contributed by atoms with Gasteiger partial charge in [0.05, 0.1) is 17.5 Å². The smallest absolute Gasteiger partial charge is 0.273 e. The van der Waals surface area contributed by atoms with Crippen LogP contribution >= 0.6 is 0 Å². The molecule has 0 spiro atoms. The third-order valence-corrected chi connectivity index (χ3v) is 3.48. The second kappa shape index (κ2) is 6.36. The summed E-state index contributed by atoms with van der Waals surface area (Å²) in [6.07, 6.45) is 5.38. The quantitative estimate of drug-likeness (QED) is 0.593. The van der Waals surface area contributed by atoms with E-state index in [1.807, 2.05) is 67.2 Å². The molecular formula is C18H17N3O2. The highest BCUT2D eigenvalue weighted by Gasteiger charge is 2.11. The Morgan fingerprint density at radius 3 is 2.61 bits per heavy atom. The summed E-state index contributed by atoms with van der Waals surface area (Å²) < 4.78 is 7.31. The van der Waals surface area contributed by atoms with Gasteiger partial charge in [-0.25, -0.2) is 5.43 Å². The molecule has 1 N–H and O–H groups in total. The van der Waals surface area contributed by atoms with E-state index >= 15 is 0 Å². The van der Waals surface area contributed by atoms with Crippen molar-refractivity contribution < 1.29 is 9.21 Å². The van der Waals surface area contributed by atoms with Crippen molar-refractivity contribution in [3.63, 3.8) is 0 Å². The SMILES string of the molecule is Cc1cc(/C=N/NC(=O)c2ccccc2-n2cccc2)c(C)o1. The van der Waals surface area contributed by atoms with Crippen LogP contribution in [0.15, 0.2) is 64.4 Å². The van der Waals surface area contributed by atoms with Gasteiger partial charge in [-0.2, -0.15) is 5.10 Å². The maximum atomic E-state index is 12.4. The van der Waals surface area contributed by atoms with Crippen molar-refractivity contribution in [3.05, 3.63) is 77.5 Å². The highest BCUT2D eigenvalue weighted by Crippen LogP contribution is 2.15. The van der Waals surface area contributed by atoms with Crippen molar-refractivity contribution in [1.29, 1.82) is 0 Å². The van der Waals surface area contributed by atoms with Crippen LogP contribution in [0.5, 0.6) is 0 Å². The fourth-order valence-corrected chi connectivity index (χ4v) is 2.39. The van der Waals surface area contributed by atoms with Gasteiger partial charge in [-0.1, -0.05) is 12.1 Å². The molecule has 5 heteroatoms. The lowest BCUT2D eigenvalue weighted by atomic mass is 10.1. The zero-order chi connectivity index (χ0) is 16.2. The summed E-state index contributed by atoms with van der Waals surface area (Å²) in [5.74, 6) is 1.32. The van der Waals surface area contributed by atoms with E-state index in [9.17, 15) is 4.79 Å². The Morgan fingerprint density at radius 2 is 1.91 bits per heavy atom. The van der Waals surface area contributed by atoms with Crippen molar-refractivity contribution in [2.45, 2.75) is 13.8 Å². The molecule has 0 saturated carbocycles. The molecule has 0 radical (unpaired) electrons. The van der Waals surface area contributed by atoms with Gasteiger partial charge in [0, 0.05) is 18.0 Å². The minimum Gasteiger partial charge on any atom is -0.466 e. The summed E-state index contributed by atoms with van der Waals surface area (Å²) in [5.41, 5.74) is 4.77. The first kappa shape index (κ1) is 14.8. The van der Waals surface area contributed by atoms with E-state index < -0.39 is 0 Å².